The first-order chi connectivity index (χ1) is 14.6. The Kier molecular flexibility index (Phi) is 5.74. The zero-order chi connectivity index (χ0) is 21.1. The van der Waals surface area contributed by atoms with Gasteiger partial charge in [0.15, 0.2) is 0 Å². The van der Waals surface area contributed by atoms with Crippen LogP contribution in [0, 0.1) is 0 Å². The van der Waals surface area contributed by atoms with Gasteiger partial charge >= 0.3 is 0 Å². The molecule has 0 bridgehead atoms. The summed E-state index contributed by atoms with van der Waals surface area (Å²) in [5.41, 5.74) is 2.84. The molecule has 3 aromatic rings. The highest BCUT2D eigenvalue weighted by Crippen LogP contribution is 2.24. The van der Waals surface area contributed by atoms with Crippen LogP contribution < -0.4 is 4.74 Å². The van der Waals surface area contributed by atoms with Gasteiger partial charge in [-0.15, -0.1) is 0 Å². The second kappa shape index (κ2) is 8.61. The Labute approximate surface area is 176 Å². The zero-order valence-corrected chi connectivity index (χ0v) is 17.4. The van der Waals surface area contributed by atoms with Crippen LogP contribution in [0.2, 0.25) is 0 Å². The summed E-state index contributed by atoms with van der Waals surface area (Å²) < 4.78 is 5.28. The third kappa shape index (κ3) is 3.77. The van der Waals surface area contributed by atoms with Crippen molar-refractivity contribution in [2.24, 2.45) is 0 Å². The quantitative estimate of drug-likeness (QED) is 0.683. The number of methoxy groups -OCH3 is 1. The molecule has 156 valence electrons. The summed E-state index contributed by atoms with van der Waals surface area (Å²) in [5.74, 6) is 0.784. The van der Waals surface area contributed by atoms with Crippen molar-refractivity contribution in [3.63, 3.8) is 0 Å². The molecule has 0 spiro atoms. The van der Waals surface area contributed by atoms with Crippen LogP contribution in [0.3, 0.4) is 0 Å². The molecule has 1 N–H and O–H groups in total. The Balaban J connectivity index is 1.44. The second-order valence-electron chi connectivity index (χ2n) is 7.59. The molecular weight excluding hydrogens is 378 g/mol. The van der Waals surface area contributed by atoms with Crippen LogP contribution >= 0.6 is 0 Å². The highest BCUT2D eigenvalue weighted by atomic mass is 16.5. The molecule has 1 aliphatic rings. The van der Waals surface area contributed by atoms with Crippen molar-refractivity contribution in [2.45, 2.75) is 25.8 Å². The smallest absolute Gasteiger partial charge is 0.254 e. The molecule has 4 rings (SSSR count). The number of ether oxygens (including phenoxy) is 1. The van der Waals surface area contributed by atoms with E-state index < -0.39 is 6.04 Å². The number of fused-ring (bicyclic) bond motifs is 1. The monoisotopic (exact) mass is 405 g/mol. The fraction of sp³-hybridized carbons (Fsp3) is 0.333. The summed E-state index contributed by atoms with van der Waals surface area (Å²) in [6.07, 6.45) is 3.38. The topological polar surface area (TPSA) is 65.6 Å². The highest BCUT2D eigenvalue weighted by molar-refractivity contribution is 5.98. The maximum absolute atomic E-state index is 13.1. The number of hydrogen-bond acceptors (Lipinski definition) is 3. The predicted molar refractivity (Wildman–Crippen MR) is 117 cm³/mol. The van der Waals surface area contributed by atoms with E-state index in [0.717, 1.165) is 23.1 Å². The Hall–Kier alpha value is -3.28. The van der Waals surface area contributed by atoms with E-state index in [4.69, 9.17) is 4.74 Å². The van der Waals surface area contributed by atoms with Crippen molar-refractivity contribution in [2.75, 3.05) is 26.7 Å². The van der Waals surface area contributed by atoms with Gasteiger partial charge in [0.05, 0.1) is 7.11 Å². The minimum Gasteiger partial charge on any atom is -0.497 e. The number of amides is 2. The lowest BCUT2D eigenvalue weighted by Gasteiger charge is -2.40. The summed E-state index contributed by atoms with van der Waals surface area (Å²) in [6, 6.07) is 14.8. The number of H-pyrrole nitrogens is 1. The van der Waals surface area contributed by atoms with Crippen LogP contribution in [0.4, 0.5) is 0 Å². The van der Waals surface area contributed by atoms with E-state index in [1.54, 1.807) is 24.1 Å². The largest absolute Gasteiger partial charge is 0.497 e. The van der Waals surface area contributed by atoms with Crippen LogP contribution in [-0.2, 0) is 11.2 Å². The Bertz CT molecular complexity index is 1040. The summed E-state index contributed by atoms with van der Waals surface area (Å²) in [4.78, 5) is 32.9. The van der Waals surface area contributed by atoms with Crippen LogP contribution in [0.1, 0.15) is 29.3 Å². The number of piperazine rings is 1. The van der Waals surface area contributed by atoms with E-state index in [-0.39, 0.29) is 11.8 Å². The minimum absolute atomic E-state index is 0.0366. The van der Waals surface area contributed by atoms with Crippen molar-refractivity contribution in [3.05, 3.63) is 65.9 Å². The lowest BCUT2D eigenvalue weighted by atomic mass is 10.0. The van der Waals surface area contributed by atoms with Gasteiger partial charge in [0, 0.05) is 48.4 Å². The number of carbonyl (C=O) groups is 2. The number of rotatable bonds is 6. The lowest BCUT2D eigenvalue weighted by Crippen LogP contribution is -2.58. The molecule has 6 nitrogen and oxygen atoms in total. The molecule has 1 fully saturated rings. The third-order valence-electron chi connectivity index (χ3n) is 5.88. The molecule has 1 saturated heterocycles. The second-order valence-corrected chi connectivity index (χ2v) is 7.59. The number of nitrogens with one attached hydrogen (secondary N) is 1. The van der Waals surface area contributed by atoms with Gasteiger partial charge in [-0.1, -0.05) is 25.1 Å². The fourth-order valence-electron chi connectivity index (χ4n) is 4.20. The Morgan fingerprint density at radius 3 is 2.70 bits per heavy atom. The fourth-order valence-corrected chi connectivity index (χ4v) is 4.20. The third-order valence-corrected chi connectivity index (χ3v) is 5.88. The van der Waals surface area contributed by atoms with Crippen LogP contribution in [0.25, 0.3) is 10.9 Å². The average Bonchev–Trinajstić information content (AvgIpc) is 3.20. The van der Waals surface area contributed by atoms with E-state index in [2.05, 4.69) is 4.98 Å². The molecule has 30 heavy (non-hydrogen) atoms. The van der Waals surface area contributed by atoms with Gasteiger partial charge in [0.25, 0.3) is 5.91 Å². The summed E-state index contributed by atoms with van der Waals surface area (Å²) in [6.45, 7) is 3.72. The molecule has 2 amide bonds. The molecule has 1 unspecified atom stereocenters. The number of nitrogens with zero attached hydrogens (tertiary/aromatic N) is 2. The van der Waals surface area contributed by atoms with Gasteiger partial charge in [-0.3, -0.25) is 9.59 Å². The van der Waals surface area contributed by atoms with Crippen LogP contribution in [0.15, 0.2) is 54.7 Å². The molecule has 0 radical (unpaired) electrons. The first-order valence-electron chi connectivity index (χ1n) is 10.4. The van der Waals surface area contributed by atoms with Gasteiger partial charge in [-0.25, -0.2) is 0 Å². The molecule has 6 heteroatoms. The standard InChI is InChI=1S/C24H27N3O3/c1-3-22-24(29)26(13-14-27(22)23(28)17-7-5-4-6-8-17)12-11-18-16-25-21-15-19(30-2)9-10-20(18)21/h4-10,15-16,22,25H,3,11-14H2,1-2H3. The SMILES string of the molecule is CCC1C(=O)N(CCc2c[nH]c3cc(OC)ccc23)CCN1C(=O)c1ccccc1. The van der Waals surface area contributed by atoms with Crippen molar-refractivity contribution in [1.29, 1.82) is 0 Å². The van der Waals surface area contributed by atoms with Gasteiger partial charge < -0.3 is 19.5 Å². The number of benzene rings is 2. The number of aromatic nitrogens is 1. The predicted octanol–water partition coefficient (Wildman–Crippen LogP) is 3.48. The zero-order valence-electron chi connectivity index (χ0n) is 17.4. The normalized spacial score (nSPS) is 16.9. The first kappa shape index (κ1) is 20.0. The van der Waals surface area contributed by atoms with Crippen molar-refractivity contribution in [3.8, 4) is 5.75 Å². The van der Waals surface area contributed by atoms with Crippen molar-refractivity contribution in [1.82, 2.24) is 14.8 Å². The van der Waals surface area contributed by atoms with Gasteiger partial charge in [0.1, 0.15) is 11.8 Å². The molecular formula is C24H27N3O3. The maximum atomic E-state index is 13.1. The van der Waals surface area contributed by atoms with Crippen molar-refractivity contribution < 1.29 is 14.3 Å². The van der Waals surface area contributed by atoms with Gasteiger partial charge in [-0.05, 0) is 42.7 Å². The van der Waals surface area contributed by atoms with E-state index in [0.29, 0.717) is 31.6 Å². The molecule has 1 atom stereocenters. The van der Waals surface area contributed by atoms with E-state index in [1.807, 2.05) is 54.4 Å². The van der Waals surface area contributed by atoms with Crippen LogP contribution in [-0.4, -0.2) is 59.4 Å². The maximum Gasteiger partial charge on any atom is 0.254 e. The number of carbonyl (C=O) groups excluding carboxylic acids is 2. The molecule has 2 heterocycles. The Morgan fingerprint density at radius 1 is 1.17 bits per heavy atom. The van der Waals surface area contributed by atoms with E-state index in [1.165, 1.54) is 5.56 Å². The lowest BCUT2D eigenvalue weighted by molar-refractivity contribution is -0.140. The number of hydrogen-bond donors (Lipinski definition) is 1. The minimum atomic E-state index is -0.404. The molecule has 1 aromatic heterocycles. The van der Waals surface area contributed by atoms with E-state index in [9.17, 15) is 9.59 Å². The summed E-state index contributed by atoms with van der Waals surface area (Å²) in [5, 5.41) is 1.15. The average molecular weight is 405 g/mol. The molecule has 1 aliphatic heterocycles. The Morgan fingerprint density at radius 2 is 1.97 bits per heavy atom. The summed E-state index contributed by atoms with van der Waals surface area (Å²) in [7, 11) is 1.66. The first-order valence-corrected chi connectivity index (χ1v) is 10.4. The van der Waals surface area contributed by atoms with Gasteiger partial charge in [-0.2, -0.15) is 0 Å². The van der Waals surface area contributed by atoms with Gasteiger partial charge in [0.2, 0.25) is 5.91 Å². The molecule has 2 aromatic carbocycles. The highest BCUT2D eigenvalue weighted by Gasteiger charge is 2.36. The summed E-state index contributed by atoms with van der Waals surface area (Å²) >= 11 is 0. The van der Waals surface area contributed by atoms with E-state index >= 15 is 0 Å². The molecule has 0 aliphatic carbocycles. The van der Waals surface area contributed by atoms with Crippen LogP contribution in [0.5, 0.6) is 5.75 Å². The van der Waals surface area contributed by atoms with Crippen molar-refractivity contribution >= 4 is 22.7 Å². The molecule has 0 saturated carbocycles. The number of aromatic amines is 1.